The van der Waals surface area contributed by atoms with Crippen molar-refractivity contribution in [1.29, 1.82) is 0 Å². The van der Waals surface area contributed by atoms with Gasteiger partial charge in [0.1, 0.15) is 10.8 Å². The fourth-order valence-corrected chi connectivity index (χ4v) is 2.57. The minimum absolute atomic E-state index is 0.684. The first-order valence-electron chi connectivity index (χ1n) is 6.24. The molecule has 2 heterocycles. The first-order valence-corrected chi connectivity index (χ1v) is 7.06. The first-order chi connectivity index (χ1) is 8.66. The summed E-state index contributed by atoms with van der Waals surface area (Å²) in [6, 6.07) is 1.94. The molecule has 0 saturated heterocycles. The summed E-state index contributed by atoms with van der Waals surface area (Å²) < 4.78 is 5.28. The van der Waals surface area contributed by atoms with Crippen LogP contribution in [-0.2, 0) is 6.42 Å². The van der Waals surface area contributed by atoms with Gasteiger partial charge in [-0.1, -0.05) is 25.2 Å². The number of furan rings is 1. The van der Waals surface area contributed by atoms with Crippen molar-refractivity contribution in [1.82, 2.24) is 15.5 Å². The van der Waals surface area contributed by atoms with Gasteiger partial charge in [-0.3, -0.25) is 0 Å². The highest BCUT2D eigenvalue weighted by Crippen LogP contribution is 2.27. The van der Waals surface area contributed by atoms with Crippen molar-refractivity contribution in [2.45, 2.75) is 27.2 Å². The smallest absolute Gasteiger partial charge is 0.151 e. The summed E-state index contributed by atoms with van der Waals surface area (Å²) in [6.07, 6.45) is 2.62. The molecule has 2 rings (SSSR count). The highest BCUT2D eigenvalue weighted by Gasteiger charge is 2.10. The molecule has 0 atom stereocenters. The zero-order chi connectivity index (χ0) is 13.0. The number of nitrogens with zero attached hydrogens (tertiary/aromatic N) is 2. The van der Waals surface area contributed by atoms with E-state index in [1.165, 1.54) is 0 Å². The standard InChI is InChI=1S/C13H19N3OS/c1-9(2)8-14-6-4-12-15-16-13(18-12)11-5-7-17-10(11)3/h5,7,9,14H,4,6,8H2,1-3H3. The van der Waals surface area contributed by atoms with Crippen molar-refractivity contribution in [2.75, 3.05) is 13.1 Å². The molecule has 4 nitrogen and oxygen atoms in total. The number of aromatic nitrogens is 2. The molecule has 0 spiro atoms. The number of nitrogens with one attached hydrogen (secondary N) is 1. The van der Waals surface area contributed by atoms with Crippen molar-refractivity contribution in [3.63, 3.8) is 0 Å². The van der Waals surface area contributed by atoms with E-state index in [0.29, 0.717) is 5.92 Å². The second-order valence-corrected chi connectivity index (χ2v) is 5.80. The molecule has 5 heteroatoms. The number of hydrogen-bond acceptors (Lipinski definition) is 5. The van der Waals surface area contributed by atoms with E-state index in [-0.39, 0.29) is 0 Å². The average Bonchev–Trinajstić information content (AvgIpc) is 2.92. The molecule has 0 amide bonds. The first kappa shape index (κ1) is 13.2. The third kappa shape index (κ3) is 3.40. The Kier molecular flexibility index (Phi) is 4.49. The third-order valence-electron chi connectivity index (χ3n) is 2.62. The van der Waals surface area contributed by atoms with Gasteiger partial charge in [0, 0.05) is 13.0 Å². The van der Waals surface area contributed by atoms with Crippen LogP contribution in [-0.4, -0.2) is 23.3 Å². The summed E-state index contributed by atoms with van der Waals surface area (Å²) in [4.78, 5) is 0. The molecule has 1 N–H and O–H groups in total. The van der Waals surface area contributed by atoms with Gasteiger partial charge < -0.3 is 9.73 Å². The van der Waals surface area contributed by atoms with Crippen LogP contribution in [0.3, 0.4) is 0 Å². The Labute approximate surface area is 111 Å². The molecule has 0 radical (unpaired) electrons. The molecule has 18 heavy (non-hydrogen) atoms. The SMILES string of the molecule is Cc1occc1-c1nnc(CCNCC(C)C)s1. The Balaban J connectivity index is 1.89. The summed E-state index contributed by atoms with van der Waals surface area (Å²) >= 11 is 1.64. The maximum atomic E-state index is 5.28. The quantitative estimate of drug-likeness (QED) is 0.816. The van der Waals surface area contributed by atoms with Crippen LogP contribution in [0.25, 0.3) is 10.6 Å². The summed E-state index contributed by atoms with van der Waals surface area (Å²) in [5.74, 6) is 1.58. The Morgan fingerprint density at radius 1 is 1.39 bits per heavy atom. The molecule has 0 fully saturated rings. The van der Waals surface area contributed by atoms with E-state index in [1.54, 1.807) is 17.6 Å². The predicted molar refractivity (Wildman–Crippen MR) is 73.8 cm³/mol. The van der Waals surface area contributed by atoms with Crippen molar-refractivity contribution in [3.05, 3.63) is 23.1 Å². The average molecular weight is 265 g/mol. The second kappa shape index (κ2) is 6.11. The normalized spacial score (nSPS) is 11.3. The molecule has 0 bridgehead atoms. The molecule has 2 aromatic rings. The zero-order valence-corrected chi connectivity index (χ0v) is 11.9. The van der Waals surface area contributed by atoms with Gasteiger partial charge in [0.25, 0.3) is 0 Å². The van der Waals surface area contributed by atoms with Crippen LogP contribution >= 0.6 is 11.3 Å². The van der Waals surface area contributed by atoms with Crippen LogP contribution < -0.4 is 5.32 Å². The Hall–Kier alpha value is -1.20. The molecule has 0 aliphatic heterocycles. The Morgan fingerprint density at radius 2 is 2.22 bits per heavy atom. The molecule has 0 aromatic carbocycles. The van der Waals surface area contributed by atoms with Crippen LogP contribution in [0.1, 0.15) is 24.6 Å². The Bertz CT molecular complexity index is 490. The minimum Gasteiger partial charge on any atom is -0.469 e. The van der Waals surface area contributed by atoms with Crippen LogP contribution in [0.5, 0.6) is 0 Å². The fourth-order valence-electron chi connectivity index (χ4n) is 1.66. The number of aryl methyl sites for hydroxylation is 1. The van der Waals surface area contributed by atoms with E-state index >= 15 is 0 Å². The van der Waals surface area contributed by atoms with E-state index in [9.17, 15) is 0 Å². The lowest BCUT2D eigenvalue weighted by atomic mass is 10.2. The van der Waals surface area contributed by atoms with E-state index in [1.807, 2.05) is 13.0 Å². The summed E-state index contributed by atoms with van der Waals surface area (Å²) in [5.41, 5.74) is 1.05. The summed E-state index contributed by atoms with van der Waals surface area (Å²) in [6.45, 7) is 8.36. The van der Waals surface area contributed by atoms with Gasteiger partial charge in [-0.25, -0.2) is 0 Å². The van der Waals surface area contributed by atoms with Gasteiger partial charge in [-0.2, -0.15) is 0 Å². The third-order valence-corrected chi connectivity index (χ3v) is 3.64. The maximum Gasteiger partial charge on any atom is 0.151 e. The molecule has 2 aromatic heterocycles. The number of rotatable bonds is 6. The molecular formula is C13H19N3OS. The summed E-state index contributed by atoms with van der Waals surface area (Å²) in [7, 11) is 0. The van der Waals surface area contributed by atoms with Crippen molar-refractivity contribution in [2.24, 2.45) is 5.92 Å². The van der Waals surface area contributed by atoms with Crippen LogP contribution in [0, 0.1) is 12.8 Å². The van der Waals surface area contributed by atoms with Crippen LogP contribution in [0.15, 0.2) is 16.7 Å². The van der Waals surface area contributed by atoms with Gasteiger partial charge in [-0.15, -0.1) is 10.2 Å². The van der Waals surface area contributed by atoms with Crippen molar-refractivity contribution < 1.29 is 4.42 Å². The lowest BCUT2D eigenvalue weighted by molar-refractivity contribution is 0.535. The Morgan fingerprint density at radius 3 is 2.89 bits per heavy atom. The predicted octanol–water partition coefficient (Wildman–Crippen LogP) is 2.89. The number of hydrogen-bond donors (Lipinski definition) is 1. The molecule has 0 unspecified atom stereocenters. The van der Waals surface area contributed by atoms with E-state index in [4.69, 9.17) is 4.42 Å². The minimum atomic E-state index is 0.684. The molecule has 0 aliphatic carbocycles. The highest BCUT2D eigenvalue weighted by atomic mass is 32.1. The molecular weight excluding hydrogens is 246 g/mol. The van der Waals surface area contributed by atoms with Gasteiger partial charge in [0.2, 0.25) is 0 Å². The molecule has 98 valence electrons. The van der Waals surface area contributed by atoms with Crippen molar-refractivity contribution in [3.8, 4) is 10.6 Å². The molecule has 0 aliphatic rings. The molecule has 0 saturated carbocycles. The zero-order valence-electron chi connectivity index (χ0n) is 11.1. The van der Waals surface area contributed by atoms with Gasteiger partial charge >= 0.3 is 0 Å². The van der Waals surface area contributed by atoms with Gasteiger partial charge in [0.15, 0.2) is 5.01 Å². The highest BCUT2D eigenvalue weighted by molar-refractivity contribution is 7.14. The van der Waals surface area contributed by atoms with Crippen molar-refractivity contribution >= 4 is 11.3 Å². The monoisotopic (exact) mass is 265 g/mol. The van der Waals surface area contributed by atoms with Gasteiger partial charge in [-0.05, 0) is 25.5 Å². The summed E-state index contributed by atoms with van der Waals surface area (Å²) in [5, 5.41) is 13.9. The fraction of sp³-hybridized carbons (Fsp3) is 0.538. The lowest BCUT2D eigenvalue weighted by Crippen LogP contribution is -2.22. The lowest BCUT2D eigenvalue weighted by Gasteiger charge is -2.05. The maximum absolute atomic E-state index is 5.28. The van der Waals surface area contributed by atoms with E-state index in [0.717, 1.165) is 40.8 Å². The van der Waals surface area contributed by atoms with E-state index in [2.05, 4.69) is 29.4 Å². The van der Waals surface area contributed by atoms with Crippen LogP contribution in [0.4, 0.5) is 0 Å². The second-order valence-electron chi connectivity index (χ2n) is 4.74. The van der Waals surface area contributed by atoms with E-state index < -0.39 is 0 Å². The van der Waals surface area contributed by atoms with Crippen LogP contribution in [0.2, 0.25) is 0 Å². The topological polar surface area (TPSA) is 51.0 Å². The largest absolute Gasteiger partial charge is 0.469 e. The van der Waals surface area contributed by atoms with Gasteiger partial charge in [0.05, 0.1) is 11.8 Å².